The highest BCUT2D eigenvalue weighted by atomic mass is 15.0. The zero-order chi connectivity index (χ0) is 25.7. The molecule has 4 aromatic carbocycles. The van der Waals surface area contributed by atoms with Gasteiger partial charge in [-0.1, -0.05) is 115 Å². The van der Waals surface area contributed by atoms with Crippen molar-refractivity contribution in [3.05, 3.63) is 144 Å². The van der Waals surface area contributed by atoms with Gasteiger partial charge in [-0.05, 0) is 35.3 Å². The summed E-state index contributed by atoms with van der Waals surface area (Å²) in [5.41, 5.74) is 7.00. The second kappa shape index (κ2) is 10.5. The second-order valence-electron chi connectivity index (χ2n) is 9.18. The summed E-state index contributed by atoms with van der Waals surface area (Å²) in [6, 6.07) is 38.4. The molecule has 1 unspecified atom stereocenters. The van der Waals surface area contributed by atoms with Gasteiger partial charge in [-0.2, -0.15) is 5.26 Å². The molecular weight excluding hydrogens is 464 g/mol. The number of hydrogen-bond donors (Lipinski definition) is 0. The van der Waals surface area contributed by atoms with E-state index in [-0.39, 0.29) is 5.92 Å². The summed E-state index contributed by atoms with van der Waals surface area (Å²) in [7, 11) is 0. The van der Waals surface area contributed by atoms with E-state index in [0.717, 1.165) is 34.2 Å². The molecule has 0 radical (unpaired) electrons. The van der Waals surface area contributed by atoms with Crippen LogP contribution in [-0.2, 0) is 0 Å². The lowest BCUT2D eigenvalue weighted by atomic mass is 9.87. The Kier molecular flexibility index (Phi) is 6.41. The van der Waals surface area contributed by atoms with E-state index in [4.69, 9.17) is 20.2 Å². The Morgan fingerprint density at radius 2 is 1.16 bits per heavy atom. The maximum Gasteiger partial charge on any atom is 0.164 e. The number of allylic oxidation sites excluding steroid dienone is 4. The van der Waals surface area contributed by atoms with Crippen LogP contribution in [0, 0.1) is 11.3 Å². The maximum absolute atomic E-state index is 9.10. The van der Waals surface area contributed by atoms with E-state index < -0.39 is 0 Å². The SMILES string of the molecule is N#Cc1ccc(C2C=CC(c3ccccc3-c3nc(-c4ccccc4)nc(-c4ccccc4)n3)=CC2)cc1. The molecule has 38 heavy (non-hydrogen) atoms. The van der Waals surface area contributed by atoms with Crippen molar-refractivity contribution >= 4 is 5.57 Å². The largest absolute Gasteiger partial charge is 0.208 e. The Balaban J connectivity index is 1.39. The molecule has 1 aliphatic rings. The molecule has 0 bridgehead atoms. The van der Waals surface area contributed by atoms with E-state index in [9.17, 15) is 0 Å². The van der Waals surface area contributed by atoms with E-state index in [0.29, 0.717) is 23.0 Å². The Hall–Kier alpha value is -5.14. The monoisotopic (exact) mass is 488 g/mol. The van der Waals surface area contributed by atoms with Gasteiger partial charge in [-0.25, -0.2) is 15.0 Å². The Bertz CT molecular complexity index is 1620. The number of benzene rings is 4. The molecule has 1 atom stereocenters. The lowest BCUT2D eigenvalue weighted by Gasteiger charge is -2.18. The molecule has 0 saturated carbocycles. The molecule has 4 nitrogen and oxygen atoms in total. The van der Waals surface area contributed by atoms with Gasteiger partial charge in [-0.3, -0.25) is 0 Å². The summed E-state index contributed by atoms with van der Waals surface area (Å²) in [5.74, 6) is 2.23. The lowest BCUT2D eigenvalue weighted by Crippen LogP contribution is -2.03. The molecule has 4 heteroatoms. The summed E-state index contributed by atoms with van der Waals surface area (Å²) in [4.78, 5) is 14.7. The van der Waals surface area contributed by atoms with Crippen molar-refractivity contribution in [1.82, 2.24) is 15.0 Å². The standard InChI is InChI=1S/C34H24N4/c35-23-24-15-17-25(18-16-24)26-19-21-27(22-20-26)30-13-7-8-14-31(30)34-37-32(28-9-3-1-4-10-28)36-33(38-34)29-11-5-2-6-12-29/h1-19,21-22,26H,20H2. The van der Waals surface area contributed by atoms with Crippen LogP contribution in [0.2, 0.25) is 0 Å². The summed E-state index contributed by atoms with van der Waals surface area (Å²) in [6.07, 6.45) is 7.58. The minimum absolute atomic E-state index is 0.283. The molecule has 6 rings (SSSR count). The number of nitrogens with zero attached hydrogens (tertiary/aromatic N) is 4. The fourth-order valence-electron chi connectivity index (χ4n) is 4.73. The van der Waals surface area contributed by atoms with Crippen LogP contribution in [0.25, 0.3) is 39.7 Å². The second-order valence-corrected chi connectivity index (χ2v) is 9.18. The van der Waals surface area contributed by atoms with E-state index in [1.165, 1.54) is 5.56 Å². The van der Waals surface area contributed by atoms with Gasteiger partial charge in [0, 0.05) is 22.6 Å². The van der Waals surface area contributed by atoms with Gasteiger partial charge in [-0.15, -0.1) is 0 Å². The zero-order valence-corrected chi connectivity index (χ0v) is 20.7. The molecule has 0 N–H and O–H groups in total. The first kappa shape index (κ1) is 23.3. The van der Waals surface area contributed by atoms with Crippen LogP contribution in [0.5, 0.6) is 0 Å². The van der Waals surface area contributed by atoms with Gasteiger partial charge >= 0.3 is 0 Å². The quantitative estimate of drug-likeness (QED) is 0.252. The Morgan fingerprint density at radius 3 is 1.71 bits per heavy atom. The predicted molar refractivity (Wildman–Crippen MR) is 152 cm³/mol. The van der Waals surface area contributed by atoms with Crippen molar-refractivity contribution in [3.63, 3.8) is 0 Å². The Morgan fingerprint density at radius 1 is 0.605 bits per heavy atom. The van der Waals surface area contributed by atoms with Gasteiger partial charge < -0.3 is 0 Å². The molecule has 1 heterocycles. The van der Waals surface area contributed by atoms with E-state index in [1.807, 2.05) is 91.0 Å². The number of aromatic nitrogens is 3. The molecule has 5 aromatic rings. The van der Waals surface area contributed by atoms with Crippen molar-refractivity contribution in [2.45, 2.75) is 12.3 Å². The average molecular weight is 489 g/mol. The average Bonchev–Trinajstić information content (AvgIpc) is 3.02. The van der Waals surface area contributed by atoms with E-state index in [1.54, 1.807) is 0 Å². The molecule has 0 aliphatic heterocycles. The van der Waals surface area contributed by atoms with Gasteiger partial charge in [0.2, 0.25) is 0 Å². The molecule has 0 amide bonds. The van der Waals surface area contributed by atoms with E-state index in [2.05, 4.69) is 42.5 Å². The summed E-state index contributed by atoms with van der Waals surface area (Å²) in [6.45, 7) is 0. The lowest BCUT2D eigenvalue weighted by molar-refractivity contribution is 0.856. The molecule has 180 valence electrons. The van der Waals surface area contributed by atoms with Crippen LogP contribution in [0.4, 0.5) is 0 Å². The summed E-state index contributed by atoms with van der Waals surface area (Å²) in [5, 5.41) is 9.10. The third kappa shape index (κ3) is 4.78. The van der Waals surface area contributed by atoms with Crippen molar-refractivity contribution in [2.75, 3.05) is 0 Å². The van der Waals surface area contributed by atoms with E-state index >= 15 is 0 Å². The van der Waals surface area contributed by atoms with Crippen molar-refractivity contribution in [2.24, 2.45) is 0 Å². The van der Waals surface area contributed by atoms with Crippen LogP contribution in [0.1, 0.15) is 29.0 Å². The molecule has 0 saturated heterocycles. The van der Waals surface area contributed by atoms with Crippen LogP contribution < -0.4 is 0 Å². The molecule has 1 aromatic heterocycles. The number of rotatable bonds is 5. The highest BCUT2D eigenvalue weighted by Crippen LogP contribution is 2.35. The number of hydrogen-bond acceptors (Lipinski definition) is 4. The summed E-state index contributed by atoms with van der Waals surface area (Å²) < 4.78 is 0. The molecule has 1 aliphatic carbocycles. The highest BCUT2D eigenvalue weighted by Gasteiger charge is 2.18. The smallest absolute Gasteiger partial charge is 0.164 e. The van der Waals surface area contributed by atoms with Crippen LogP contribution >= 0.6 is 0 Å². The van der Waals surface area contributed by atoms with Gasteiger partial charge in [0.05, 0.1) is 11.6 Å². The summed E-state index contributed by atoms with van der Waals surface area (Å²) >= 11 is 0. The van der Waals surface area contributed by atoms with Gasteiger partial charge in [0.1, 0.15) is 0 Å². The molecular formula is C34H24N4. The maximum atomic E-state index is 9.10. The predicted octanol–water partition coefficient (Wildman–Crippen LogP) is 7.87. The third-order valence-electron chi connectivity index (χ3n) is 6.75. The van der Waals surface area contributed by atoms with Gasteiger partial charge in [0.15, 0.2) is 17.5 Å². The van der Waals surface area contributed by atoms with Crippen LogP contribution in [0.3, 0.4) is 0 Å². The normalized spacial score (nSPS) is 14.5. The first-order valence-corrected chi connectivity index (χ1v) is 12.6. The first-order valence-electron chi connectivity index (χ1n) is 12.6. The fourth-order valence-corrected chi connectivity index (χ4v) is 4.73. The van der Waals surface area contributed by atoms with Crippen molar-refractivity contribution in [3.8, 4) is 40.2 Å². The molecule has 0 fully saturated rings. The zero-order valence-electron chi connectivity index (χ0n) is 20.7. The fraction of sp³-hybridized carbons (Fsp3) is 0.0588. The molecule has 0 spiro atoms. The Labute approximate surface area is 222 Å². The van der Waals surface area contributed by atoms with Crippen LogP contribution in [-0.4, -0.2) is 15.0 Å². The highest BCUT2D eigenvalue weighted by molar-refractivity contribution is 5.85. The van der Waals surface area contributed by atoms with Crippen molar-refractivity contribution in [1.29, 1.82) is 5.26 Å². The minimum atomic E-state index is 0.283. The third-order valence-corrected chi connectivity index (χ3v) is 6.75. The van der Waals surface area contributed by atoms with Gasteiger partial charge in [0.25, 0.3) is 0 Å². The number of nitriles is 1. The first-order chi connectivity index (χ1) is 18.8. The van der Waals surface area contributed by atoms with Crippen LogP contribution in [0.15, 0.2) is 127 Å². The van der Waals surface area contributed by atoms with Crippen molar-refractivity contribution < 1.29 is 0 Å². The topological polar surface area (TPSA) is 62.5 Å². The minimum Gasteiger partial charge on any atom is -0.208 e.